The molecule has 0 radical (unpaired) electrons. The van der Waals surface area contributed by atoms with Crippen LogP contribution in [0.5, 0.6) is 5.75 Å². The Morgan fingerprint density at radius 2 is 1.48 bits per heavy atom. The summed E-state index contributed by atoms with van der Waals surface area (Å²) in [6, 6.07) is 21.7. The van der Waals surface area contributed by atoms with E-state index in [9.17, 15) is 0 Å². The van der Waals surface area contributed by atoms with E-state index in [1.807, 2.05) is 73.7 Å². The van der Waals surface area contributed by atoms with Gasteiger partial charge in [-0.25, -0.2) is 0 Å². The van der Waals surface area contributed by atoms with Crippen LogP contribution in [0, 0.1) is 0 Å². The van der Waals surface area contributed by atoms with Gasteiger partial charge in [0.15, 0.2) is 0 Å². The van der Waals surface area contributed by atoms with Crippen LogP contribution in [-0.4, -0.2) is 6.61 Å². The Hall–Kier alpha value is -2.68. The van der Waals surface area contributed by atoms with Crippen LogP contribution in [0.2, 0.25) is 0 Å². The summed E-state index contributed by atoms with van der Waals surface area (Å²) in [6.07, 6.45) is 0. The Kier molecular flexibility index (Phi) is 3.92. The Labute approximate surface area is 123 Å². The molecule has 0 aliphatic heterocycles. The van der Waals surface area contributed by atoms with Gasteiger partial charge in [0.05, 0.1) is 18.0 Å². The quantitative estimate of drug-likeness (QED) is 0.566. The Morgan fingerprint density at radius 1 is 0.762 bits per heavy atom. The first kappa shape index (κ1) is 13.3. The molecule has 0 atom stereocenters. The second-order valence-electron chi connectivity index (χ2n) is 4.60. The molecular formula is C18H16N2O. The molecule has 0 aliphatic carbocycles. The van der Waals surface area contributed by atoms with Crippen molar-refractivity contribution in [3.63, 3.8) is 0 Å². The monoisotopic (exact) mass is 276 g/mol. The average Bonchev–Trinajstić information content (AvgIpc) is 2.55. The van der Waals surface area contributed by atoms with Crippen LogP contribution in [-0.2, 0) is 0 Å². The number of nitrogens with zero attached hydrogens (tertiary/aromatic N) is 2. The minimum absolute atomic E-state index is 0.648. The zero-order valence-corrected chi connectivity index (χ0v) is 11.9. The highest BCUT2D eigenvalue weighted by atomic mass is 16.5. The molecule has 0 aromatic heterocycles. The van der Waals surface area contributed by atoms with Gasteiger partial charge in [0.1, 0.15) is 5.75 Å². The van der Waals surface area contributed by atoms with Gasteiger partial charge < -0.3 is 4.74 Å². The molecule has 0 aliphatic rings. The third kappa shape index (κ3) is 2.92. The number of ether oxygens (including phenoxy) is 1. The summed E-state index contributed by atoms with van der Waals surface area (Å²) in [5.41, 5.74) is 1.69. The van der Waals surface area contributed by atoms with Crippen LogP contribution < -0.4 is 4.74 Å². The molecule has 0 bridgehead atoms. The molecule has 3 aromatic carbocycles. The molecule has 3 heteroatoms. The molecule has 0 saturated carbocycles. The van der Waals surface area contributed by atoms with Crippen molar-refractivity contribution in [2.75, 3.05) is 6.61 Å². The molecule has 21 heavy (non-hydrogen) atoms. The van der Waals surface area contributed by atoms with Gasteiger partial charge >= 0.3 is 0 Å². The zero-order chi connectivity index (χ0) is 14.5. The van der Waals surface area contributed by atoms with Gasteiger partial charge in [-0.1, -0.05) is 42.5 Å². The molecule has 0 fully saturated rings. The standard InChI is InChI=1S/C18H16N2O/c1-2-21-18-13-12-17(15-10-6-7-11-16(15)18)20-19-14-8-4-3-5-9-14/h3-13H,2H2,1H3. The lowest BCUT2D eigenvalue weighted by Gasteiger charge is -2.08. The molecule has 0 saturated heterocycles. The van der Waals surface area contributed by atoms with Crippen LogP contribution in [0.4, 0.5) is 11.4 Å². The topological polar surface area (TPSA) is 34.0 Å². The van der Waals surface area contributed by atoms with E-state index in [1.165, 1.54) is 0 Å². The molecular weight excluding hydrogens is 260 g/mol. The van der Waals surface area contributed by atoms with E-state index in [0.29, 0.717) is 6.61 Å². The van der Waals surface area contributed by atoms with Gasteiger partial charge in [-0.15, -0.1) is 5.11 Å². The molecule has 0 spiro atoms. The summed E-state index contributed by atoms with van der Waals surface area (Å²) in [4.78, 5) is 0. The number of benzene rings is 3. The van der Waals surface area contributed by atoms with E-state index in [0.717, 1.165) is 27.9 Å². The predicted molar refractivity (Wildman–Crippen MR) is 85.7 cm³/mol. The highest BCUT2D eigenvalue weighted by molar-refractivity contribution is 5.96. The van der Waals surface area contributed by atoms with Crippen molar-refractivity contribution in [2.24, 2.45) is 10.2 Å². The molecule has 104 valence electrons. The fourth-order valence-electron chi connectivity index (χ4n) is 2.23. The summed E-state index contributed by atoms with van der Waals surface area (Å²) in [7, 11) is 0. The third-order valence-corrected chi connectivity index (χ3v) is 3.19. The minimum Gasteiger partial charge on any atom is -0.493 e. The molecule has 3 aromatic rings. The van der Waals surface area contributed by atoms with E-state index in [1.54, 1.807) is 0 Å². The van der Waals surface area contributed by atoms with Crippen LogP contribution in [0.1, 0.15) is 6.92 Å². The second-order valence-corrected chi connectivity index (χ2v) is 4.60. The van der Waals surface area contributed by atoms with Crippen molar-refractivity contribution in [3.8, 4) is 5.75 Å². The molecule has 0 unspecified atom stereocenters. The van der Waals surface area contributed by atoms with Gasteiger partial charge in [-0.2, -0.15) is 5.11 Å². The lowest BCUT2D eigenvalue weighted by Crippen LogP contribution is -1.92. The van der Waals surface area contributed by atoms with E-state index in [-0.39, 0.29) is 0 Å². The largest absolute Gasteiger partial charge is 0.493 e. The summed E-state index contributed by atoms with van der Waals surface area (Å²) in [6.45, 7) is 2.63. The van der Waals surface area contributed by atoms with Gasteiger partial charge in [0.25, 0.3) is 0 Å². The Morgan fingerprint density at radius 3 is 2.24 bits per heavy atom. The summed E-state index contributed by atoms with van der Waals surface area (Å²) < 4.78 is 5.66. The van der Waals surface area contributed by atoms with Gasteiger partial charge in [-0.3, -0.25) is 0 Å². The zero-order valence-electron chi connectivity index (χ0n) is 11.9. The van der Waals surface area contributed by atoms with Crippen molar-refractivity contribution in [1.82, 2.24) is 0 Å². The molecule has 3 nitrogen and oxygen atoms in total. The number of rotatable bonds is 4. The SMILES string of the molecule is CCOc1ccc(N=Nc2ccccc2)c2ccccc12. The number of hydrogen-bond donors (Lipinski definition) is 0. The van der Waals surface area contributed by atoms with E-state index >= 15 is 0 Å². The predicted octanol–water partition coefficient (Wildman–Crippen LogP) is 5.65. The van der Waals surface area contributed by atoms with Gasteiger partial charge in [-0.05, 0) is 31.2 Å². The second kappa shape index (κ2) is 6.18. The fourth-order valence-corrected chi connectivity index (χ4v) is 2.23. The van der Waals surface area contributed by atoms with Crippen LogP contribution in [0.3, 0.4) is 0 Å². The lowest BCUT2D eigenvalue weighted by molar-refractivity contribution is 0.344. The Balaban J connectivity index is 2.04. The van der Waals surface area contributed by atoms with Crippen molar-refractivity contribution in [2.45, 2.75) is 6.92 Å². The van der Waals surface area contributed by atoms with Crippen molar-refractivity contribution < 1.29 is 4.74 Å². The number of fused-ring (bicyclic) bond motifs is 1. The highest BCUT2D eigenvalue weighted by Crippen LogP contribution is 2.34. The van der Waals surface area contributed by atoms with E-state index in [4.69, 9.17) is 4.74 Å². The van der Waals surface area contributed by atoms with Gasteiger partial charge in [0, 0.05) is 10.8 Å². The maximum absolute atomic E-state index is 5.66. The maximum atomic E-state index is 5.66. The van der Waals surface area contributed by atoms with Crippen LogP contribution in [0.25, 0.3) is 10.8 Å². The first-order valence-electron chi connectivity index (χ1n) is 7.00. The molecule has 0 amide bonds. The normalized spacial score (nSPS) is 11.1. The molecule has 0 heterocycles. The summed E-state index contributed by atoms with van der Waals surface area (Å²) >= 11 is 0. The molecule has 3 rings (SSSR count). The van der Waals surface area contributed by atoms with E-state index < -0.39 is 0 Å². The van der Waals surface area contributed by atoms with Crippen LogP contribution >= 0.6 is 0 Å². The Bertz CT molecular complexity index is 767. The van der Waals surface area contributed by atoms with Gasteiger partial charge in [0.2, 0.25) is 0 Å². The smallest absolute Gasteiger partial charge is 0.127 e. The first-order valence-corrected chi connectivity index (χ1v) is 7.00. The molecule has 0 N–H and O–H groups in total. The van der Waals surface area contributed by atoms with Crippen molar-refractivity contribution >= 4 is 22.1 Å². The van der Waals surface area contributed by atoms with Crippen molar-refractivity contribution in [3.05, 3.63) is 66.7 Å². The highest BCUT2D eigenvalue weighted by Gasteiger charge is 2.05. The lowest BCUT2D eigenvalue weighted by atomic mass is 10.1. The maximum Gasteiger partial charge on any atom is 0.127 e. The first-order chi connectivity index (χ1) is 10.4. The third-order valence-electron chi connectivity index (χ3n) is 3.19. The number of azo groups is 1. The summed E-state index contributed by atoms with van der Waals surface area (Å²) in [5, 5.41) is 10.8. The van der Waals surface area contributed by atoms with E-state index in [2.05, 4.69) is 10.2 Å². The van der Waals surface area contributed by atoms with Crippen molar-refractivity contribution in [1.29, 1.82) is 0 Å². The summed E-state index contributed by atoms with van der Waals surface area (Å²) in [5.74, 6) is 0.881. The fraction of sp³-hybridized carbons (Fsp3) is 0.111. The van der Waals surface area contributed by atoms with Crippen LogP contribution in [0.15, 0.2) is 77.0 Å². The minimum atomic E-state index is 0.648. The average molecular weight is 276 g/mol. The number of hydrogen-bond acceptors (Lipinski definition) is 3.